The molecule has 0 heterocycles. The molecule has 0 amide bonds. The maximum absolute atomic E-state index is 13.5. The molecule has 0 spiro atoms. The maximum Gasteiger partial charge on any atom is 0.146 e. The van der Waals surface area contributed by atoms with E-state index >= 15 is 0 Å². The van der Waals surface area contributed by atoms with Gasteiger partial charge in [0.15, 0.2) is 0 Å². The molecule has 0 aliphatic rings. The van der Waals surface area contributed by atoms with Crippen LogP contribution in [0.2, 0.25) is 0 Å². The fourth-order valence-electron chi connectivity index (χ4n) is 1.70. The van der Waals surface area contributed by atoms with Gasteiger partial charge in [0.05, 0.1) is 6.61 Å². The second kappa shape index (κ2) is 6.09. The van der Waals surface area contributed by atoms with E-state index in [2.05, 4.69) is 0 Å². The molecule has 0 fully saturated rings. The van der Waals surface area contributed by atoms with Gasteiger partial charge in [0.1, 0.15) is 29.6 Å². The Kier molecular flexibility index (Phi) is 4.23. The van der Waals surface area contributed by atoms with Crippen LogP contribution in [-0.2, 0) is 6.61 Å². The molecule has 2 N–H and O–H groups in total. The molecule has 3 nitrogen and oxygen atoms in total. The molecule has 2 aromatic rings. The first-order valence-corrected chi connectivity index (χ1v) is 6.10. The van der Waals surface area contributed by atoms with Crippen LogP contribution in [0, 0.1) is 5.82 Å². The first-order valence-electron chi connectivity index (χ1n) is 6.10. The number of ether oxygens (including phenoxy) is 2. The van der Waals surface area contributed by atoms with E-state index in [0.29, 0.717) is 29.4 Å². The largest absolute Gasteiger partial charge is 0.492 e. The lowest BCUT2D eigenvalue weighted by Gasteiger charge is -2.12. The molecule has 4 heteroatoms. The van der Waals surface area contributed by atoms with Crippen LogP contribution in [0.25, 0.3) is 0 Å². The zero-order chi connectivity index (χ0) is 13.7. The molecule has 100 valence electrons. The number of anilines is 1. The summed E-state index contributed by atoms with van der Waals surface area (Å²) in [5.41, 5.74) is 6.85. The molecule has 2 rings (SSSR count). The van der Waals surface area contributed by atoms with Gasteiger partial charge in [0.25, 0.3) is 0 Å². The van der Waals surface area contributed by atoms with Crippen LogP contribution in [0.1, 0.15) is 12.5 Å². The number of rotatable bonds is 5. The van der Waals surface area contributed by atoms with Crippen LogP contribution in [0.5, 0.6) is 11.5 Å². The number of hydrogen-bond acceptors (Lipinski definition) is 3. The minimum atomic E-state index is -0.290. The minimum absolute atomic E-state index is 0.131. The van der Waals surface area contributed by atoms with Crippen molar-refractivity contribution in [3.8, 4) is 11.5 Å². The highest BCUT2D eigenvalue weighted by atomic mass is 19.1. The fourth-order valence-corrected chi connectivity index (χ4v) is 1.70. The zero-order valence-corrected chi connectivity index (χ0v) is 10.7. The van der Waals surface area contributed by atoms with E-state index < -0.39 is 0 Å². The number of halogens is 1. The van der Waals surface area contributed by atoms with Crippen molar-refractivity contribution in [2.75, 3.05) is 12.3 Å². The van der Waals surface area contributed by atoms with Gasteiger partial charge in [0, 0.05) is 5.56 Å². The molecule has 0 aliphatic heterocycles. The van der Waals surface area contributed by atoms with Crippen molar-refractivity contribution < 1.29 is 13.9 Å². The Morgan fingerprint density at radius 2 is 1.68 bits per heavy atom. The number of para-hydroxylation sites is 1. The average molecular weight is 261 g/mol. The molecular weight excluding hydrogens is 245 g/mol. The van der Waals surface area contributed by atoms with Crippen LogP contribution < -0.4 is 15.2 Å². The van der Waals surface area contributed by atoms with E-state index in [1.165, 1.54) is 6.07 Å². The van der Waals surface area contributed by atoms with Crippen molar-refractivity contribution in [1.82, 2.24) is 0 Å². The summed E-state index contributed by atoms with van der Waals surface area (Å²) in [6.07, 6.45) is 0. The van der Waals surface area contributed by atoms with Crippen LogP contribution >= 0.6 is 0 Å². The lowest BCUT2D eigenvalue weighted by molar-refractivity contribution is 0.297. The van der Waals surface area contributed by atoms with Gasteiger partial charge in [0.2, 0.25) is 0 Å². The van der Waals surface area contributed by atoms with Crippen LogP contribution in [-0.4, -0.2) is 6.61 Å². The summed E-state index contributed by atoms with van der Waals surface area (Å²) < 4.78 is 24.4. The Balaban J connectivity index is 2.12. The van der Waals surface area contributed by atoms with Gasteiger partial charge in [-0.3, -0.25) is 0 Å². The van der Waals surface area contributed by atoms with Crippen molar-refractivity contribution in [3.05, 3.63) is 53.8 Å². The van der Waals surface area contributed by atoms with Gasteiger partial charge in [-0.1, -0.05) is 24.3 Å². The molecule has 0 radical (unpaired) electrons. The second-order valence-corrected chi connectivity index (χ2v) is 3.98. The normalized spacial score (nSPS) is 10.2. The zero-order valence-electron chi connectivity index (χ0n) is 10.7. The molecule has 19 heavy (non-hydrogen) atoms. The summed E-state index contributed by atoms with van der Waals surface area (Å²) in [7, 11) is 0. The molecule has 0 aromatic heterocycles. The molecule has 0 saturated carbocycles. The first kappa shape index (κ1) is 13.2. The fraction of sp³-hybridized carbons (Fsp3) is 0.200. The first-order chi connectivity index (χ1) is 9.22. The minimum Gasteiger partial charge on any atom is -0.492 e. The molecule has 2 aromatic carbocycles. The Bertz CT molecular complexity index is 558. The molecule has 0 unspecified atom stereocenters. The number of hydrogen-bond donors (Lipinski definition) is 1. The van der Waals surface area contributed by atoms with Crippen molar-refractivity contribution >= 4 is 5.69 Å². The van der Waals surface area contributed by atoms with Crippen molar-refractivity contribution in [2.24, 2.45) is 0 Å². The quantitative estimate of drug-likeness (QED) is 0.839. The SMILES string of the molecule is CCOc1cccc(OCc2ccccc2F)c1N. The van der Waals surface area contributed by atoms with Gasteiger partial charge in [-0.15, -0.1) is 0 Å². The van der Waals surface area contributed by atoms with Crippen molar-refractivity contribution in [3.63, 3.8) is 0 Å². The highest BCUT2D eigenvalue weighted by Gasteiger charge is 2.08. The van der Waals surface area contributed by atoms with Crippen molar-refractivity contribution in [2.45, 2.75) is 13.5 Å². The summed E-state index contributed by atoms with van der Waals surface area (Å²) in [6.45, 7) is 2.54. The summed E-state index contributed by atoms with van der Waals surface area (Å²) in [4.78, 5) is 0. The molecular formula is C15H16FNO2. The Morgan fingerprint density at radius 3 is 2.37 bits per heavy atom. The predicted molar refractivity (Wildman–Crippen MR) is 72.8 cm³/mol. The van der Waals surface area contributed by atoms with Crippen molar-refractivity contribution in [1.29, 1.82) is 0 Å². The standard InChI is InChI=1S/C15H16FNO2/c1-2-18-13-8-5-9-14(15(13)17)19-10-11-6-3-4-7-12(11)16/h3-9H,2,10,17H2,1H3. The lowest BCUT2D eigenvalue weighted by Crippen LogP contribution is -2.03. The van der Waals surface area contributed by atoms with E-state index in [-0.39, 0.29) is 12.4 Å². The summed E-state index contributed by atoms with van der Waals surface area (Å²) in [6, 6.07) is 11.8. The van der Waals surface area contributed by atoms with Crippen LogP contribution in [0.15, 0.2) is 42.5 Å². The summed E-state index contributed by atoms with van der Waals surface area (Å²) >= 11 is 0. The smallest absolute Gasteiger partial charge is 0.146 e. The van der Waals surface area contributed by atoms with E-state index in [1.807, 2.05) is 6.92 Å². The highest BCUT2D eigenvalue weighted by Crippen LogP contribution is 2.31. The second-order valence-electron chi connectivity index (χ2n) is 3.98. The van der Waals surface area contributed by atoms with Gasteiger partial charge in [-0.05, 0) is 25.1 Å². The number of nitrogen functional groups attached to an aromatic ring is 1. The third kappa shape index (κ3) is 3.16. The summed E-state index contributed by atoms with van der Waals surface area (Å²) in [5, 5.41) is 0. The van der Waals surface area contributed by atoms with Crippen LogP contribution in [0.3, 0.4) is 0 Å². The predicted octanol–water partition coefficient (Wildman–Crippen LogP) is 3.39. The van der Waals surface area contributed by atoms with Crippen LogP contribution in [0.4, 0.5) is 10.1 Å². The van der Waals surface area contributed by atoms with E-state index in [9.17, 15) is 4.39 Å². The molecule has 0 atom stereocenters. The Hall–Kier alpha value is -2.23. The average Bonchev–Trinajstić information content (AvgIpc) is 2.42. The lowest BCUT2D eigenvalue weighted by atomic mass is 10.2. The third-order valence-corrected chi connectivity index (χ3v) is 2.67. The third-order valence-electron chi connectivity index (χ3n) is 2.67. The summed E-state index contributed by atoms with van der Waals surface area (Å²) in [5.74, 6) is 0.782. The van der Waals surface area contributed by atoms with E-state index in [1.54, 1.807) is 36.4 Å². The van der Waals surface area contributed by atoms with E-state index in [0.717, 1.165) is 0 Å². The van der Waals surface area contributed by atoms with Gasteiger partial charge < -0.3 is 15.2 Å². The number of nitrogens with two attached hydrogens (primary N) is 1. The highest BCUT2D eigenvalue weighted by molar-refractivity contribution is 5.62. The van der Waals surface area contributed by atoms with E-state index in [4.69, 9.17) is 15.2 Å². The van der Waals surface area contributed by atoms with Gasteiger partial charge >= 0.3 is 0 Å². The maximum atomic E-state index is 13.5. The van der Waals surface area contributed by atoms with Gasteiger partial charge in [-0.2, -0.15) is 0 Å². The Morgan fingerprint density at radius 1 is 1.00 bits per heavy atom. The Labute approximate surface area is 111 Å². The molecule has 0 aliphatic carbocycles. The molecule has 0 saturated heterocycles. The molecule has 0 bridgehead atoms. The monoisotopic (exact) mass is 261 g/mol. The van der Waals surface area contributed by atoms with Gasteiger partial charge in [-0.25, -0.2) is 4.39 Å². The number of benzene rings is 2. The topological polar surface area (TPSA) is 44.5 Å².